The molecule has 1 saturated heterocycles. The van der Waals surface area contributed by atoms with Crippen molar-refractivity contribution in [2.24, 2.45) is 5.92 Å². The van der Waals surface area contributed by atoms with Gasteiger partial charge in [-0.3, -0.25) is 4.79 Å². The third-order valence-electron chi connectivity index (χ3n) is 3.98. The van der Waals surface area contributed by atoms with E-state index in [0.717, 1.165) is 0 Å². The van der Waals surface area contributed by atoms with Crippen molar-refractivity contribution < 1.29 is 13.2 Å². The summed E-state index contributed by atoms with van der Waals surface area (Å²) in [4.78, 5) is 14.0. The largest absolute Gasteiger partial charge is 0.334 e. The smallest absolute Gasteiger partial charge is 0.223 e. The maximum Gasteiger partial charge on any atom is 0.223 e. The number of amides is 1. The fourth-order valence-electron chi connectivity index (χ4n) is 2.92. The minimum absolute atomic E-state index is 0.0150. The predicted molar refractivity (Wildman–Crippen MR) is 72.1 cm³/mol. The standard InChI is InChI=1S/C14H17NO3S/c16-14(7-11-5-6-19(17,18)10-11)15-8-12-3-1-2-4-13(12)9-15/h1-4,11H,5-10H2. The second-order valence-corrected chi connectivity index (χ2v) is 7.72. The summed E-state index contributed by atoms with van der Waals surface area (Å²) in [5, 5.41) is 0. The Bertz CT molecular complexity index is 584. The van der Waals surface area contributed by atoms with E-state index in [4.69, 9.17) is 0 Å². The van der Waals surface area contributed by atoms with E-state index in [1.54, 1.807) is 0 Å². The van der Waals surface area contributed by atoms with Crippen LogP contribution in [-0.4, -0.2) is 30.7 Å². The lowest BCUT2D eigenvalue weighted by Gasteiger charge is -2.17. The molecule has 0 aliphatic carbocycles. The molecule has 5 heteroatoms. The van der Waals surface area contributed by atoms with Gasteiger partial charge in [-0.15, -0.1) is 0 Å². The monoisotopic (exact) mass is 279 g/mol. The molecule has 1 fully saturated rings. The summed E-state index contributed by atoms with van der Waals surface area (Å²) in [6.45, 7) is 1.32. The zero-order valence-corrected chi connectivity index (χ0v) is 11.5. The molecule has 2 aliphatic rings. The molecule has 1 aromatic carbocycles. The number of hydrogen-bond acceptors (Lipinski definition) is 3. The first-order valence-electron chi connectivity index (χ1n) is 6.58. The molecule has 0 radical (unpaired) electrons. The molecule has 1 aromatic rings. The fourth-order valence-corrected chi connectivity index (χ4v) is 4.78. The van der Waals surface area contributed by atoms with Crippen molar-refractivity contribution in [2.75, 3.05) is 11.5 Å². The maximum atomic E-state index is 12.2. The van der Waals surface area contributed by atoms with Crippen LogP contribution in [0.3, 0.4) is 0 Å². The number of benzene rings is 1. The molecule has 3 rings (SSSR count). The number of carbonyl (C=O) groups excluding carboxylic acids is 1. The summed E-state index contributed by atoms with van der Waals surface area (Å²) in [6.07, 6.45) is 1.00. The molecule has 1 unspecified atom stereocenters. The van der Waals surface area contributed by atoms with Crippen molar-refractivity contribution in [2.45, 2.75) is 25.9 Å². The van der Waals surface area contributed by atoms with Crippen LogP contribution in [0.1, 0.15) is 24.0 Å². The number of fused-ring (bicyclic) bond motifs is 1. The van der Waals surface area contributed by atoms with Gasteiger partial charge in [-0.25, -0.2) is 8.42 Å². The van der Waals surface area contributed by atoms with E-state index in [0.29, 0.717) is 25.9 Å². The Morgan fingerprint density at radius 1 is 1.21 bits per heavy atom. The van der Waals surface area contributed by atoms with E-state index >= 15 is 0 Å². The van der Waals surface area contributed by atoms with Crippen molar-refractivity contribution in [1.29, 1.82) is 0 Å². The number of rotatable bonds is 2. The quantitative estimate of drug-likeness (QED) is 0.821. The van der Waals surface area contributed by atoms with Gasteiger partial charge in [0.2, 0.25) is 5.91 Å². The summed E-state index contributed by atoms with van der Waals surface area (Å²) in [5.74, 6) is 0.518. The molecule has 1 atom stereocenters. The second-order valence-electron chi connectivity index (χ2n) is 5.49. The number of hydrogen-bond donors (Lipinski definition) is 0. The second kappa shape index (κ2) is 4.63. The molecular formula is C14H17NO3S. The highest BCUT2D eigenvalue weighted by Gasteiger charge is 2.31. The summed E-state index contributed by atoms with van der Waals surface area (Å²) >= 11 is 0. The van der Waals surface area contributed by atoms with Gasteiger partial charge >= 0.3 is 0 Å². The summed E-state index contributed by atoms with van der Waals surface area (Å²) in [5.41, 5.74) is 2.41. The van der Waals surface area contributed by atoms with Gasteiger partial charge in [-0.2, -0.15) is 0 Å². The lowest BCUT2D eigenvalue weighted by Crippen LogP contribution is -2.27. The molecule has 0 bridgehead atoms. The van der Waals surface area contributed by atoms with Gasteiger partial charge in [0.25, 0.3) is 0 Å². The zero-order valence-electron chi connectivity index (χ0n) is 10.7. The molecule has 4 nitrogen and oxygen atoms in total. The Hall–Kier alpha value is -1.36. The normalized spacial score (nSPS) is 24.4. The molecule has 19 heavy (non-hydrogen) atoms. The number of carbonyl (C=O) groups is 1. The summed E-state index contributed by atoms with van der Waals surface area (Å²) in [6, 6.07) is 8.05. The Kier molecular flexibility index (Phi) is 3.09. The SMILES string of the molecule is O=C(CC1CCS(=O)(=O)C1)N1Cc2ccccc2C1. The van der Waals surface area contributed by atoms with E-state index in [1.165, 1.54) is 11.1 Å². The molecule has 0 spiro atoms. The number of nitrogens with zero attached hydrogens (tertiary/aromatic N) is 1. The summed E-state index contributed by atoms with van der Waals surface area (Å²) in [7, 11) is -2.89. The van der Waals surface area contributed by atoms with Crippen molar-refractivity contribution in [3.63, 3.8) is 0 Å². The van der Waals surface area contributed by atoms with E-state index in [9.17, 15) is 13.2 Å². The lowest BCUT2D eigenvalue weighted by molar-refractivity contribution is -0.132. The minimum atomic E-state index is -2.89. The topological polar surface area (TPSA) is 54.5 Å². The summed E-state index contributed by atoms with van der Waals surface area (Å²) < 4.78 is 22.8. The van der Waals surface area contributed by atoms with Gasteiger partial charge in [0, 0.05) is 19.5 Å². The first kappa shape index (κ1) is 12.7. The van der Waals surface area contributed by atoms with Crippen molar-refractivity contribution in [3.05, 3.63) is 35.4 Å². The van der Waals surface area contributed by atoms with Crippen LogP contribution in [0.4, 0.5) is 0 Å². The van der Waals surface area contributed by atoms with E-state index in [-0.39, 0.29) is 23.3 Å². The zero-order chi connectivity index (χ0) is 13.5. The highest BCUT2D eigenvalue weighted by Crippen LogP contribution is 2.26. The van der Waals surface area contributed by atoms with Crippen LogP contribution in [0.25, 0.3) is 0 Å². The van der Waals surface area contributed by atoms with Gasteiger partial charge in [-0.1, -0.05) is 24.3 Å². The average Bonchev–Trinajstić information content (AvgIpc) is 2.92. The van der Waals surface area contributed by atoms with Crippen LogP contribution in [0.15, 0.2) is 24.3 Å². The molecule has 0 N–H and O–H groups in total. The van der Waals surface area contributed by atoms with Gasteiger partial charge < -0.3 is 4.90 Å². The fraction of sp³-hybridized carbons (Fsp3) is 0.500. The van der Waals surface area contributed by atoms with E-state index < -0.39 is 9.84 Å². The van der Waals surface area contributed by atoms with Crippen molar-refractivity contribution in [3.8, 4) is 0 Å². The van der Waals surface area contributed by atoms with Crippen molar-refractivity contribution >= 4 is 15.7 Å². The van der Waals surface area contributed by atoms with Crippen LogP contribution >= 0.6 is 0 Å². The van der Waals surface area contributed by atoms with Crippen LogP contribution in [-0.2, 0) is 27.7 Å². The minimum Gasteiger partial charge on any atom is -0.334 e. The molecular weight excluding hydrogens is 262 g/mol. The van der Waals surface area contributed by atoms with Crippen LogP contribution in [0, 0.1) is 5.92 Å². The lowest BCUT2D eigenvalue weighted by atomic mass is 10.0. The molecule has 2 aliphatic heterocycles. The first-order chi connectivity index (χ1) is 9.03. The Morgan fingerprint density at radius 3 is 2.37 bits per heavy atom. The highest BCUT2D eigenvalue weighted by atomic mass is 32.2. The van der Waals surface area contributed by atoms with Crippen molar-refractivity contribution in [1.82, 2.24) is 4.90 Å². The maximum absolute atomic E-state index is 12.2. The third kappa shape index (κ3) is 2.66. The van der Waals surface area contributed by atoms with Crippen LogP contribution < -0.4 is 0 Å². The van der Waals surface area contributed by atoms with Gasteiger partial charge in [0.1, 0.15) is 0 Å². The Labute approximate surface area is 113 Å². The first-order valence-corrected chi connectivity index (χ1v) is 8.40. The van der Waals surface area contributed by atoms with Gasteiger partial charge in [-0.05, 0) is 23.5 Å². The molecule has 2 heterocycles. The van der Waals surface area contributed by atoms with Crippen LogP contribution in [0.5, 0.6) is 0 Å². The van der Waals surface area contributed by atoms with Crippen LogP contribution in [0.2, 0.25) is 0 Å². The molecule has 0 saturated carbocycles. The Morgan fingerprint density at radius 2 is 1.84 bits per heavy atom. The van der Waals surface area contributed by atoms with Gasteiger partial charge in [0.15, 0.2) is 9.84 Å². The van der Waals surface area contributed by atoms with Gasteiger partial charge in [0.05, 0.1) is 11.5 Å². The third-order valence-corrected chi connectivity index (χ3v) is 5.82. The highest BCUT2D eigenvalue weighted by molar-refractivity contribution is 7.91. The molecule has 102 valence electrons. The molecule has 0 aromatic heterocycles. The predicted octanol–water partition coefficient (Wildman–Crippen LogP) is 1.35. The number of sulfone groups is 1. The molecule has 1 amide bonds. The average molecular weight is 279 g/mol. The van der Waals surface area contributed by atoms with E-state index in [1.807, 2.05) is 29.2 Å². The Balaban J connectivity index is 1.62. The van der Waals surface area contributed by atoms with E-state index in [2.05, 4.69) is 0 Å².